The van der Waals surface area contributed by atoms with Crippen LogP contribution < -0.4 is 0 Å². The molecule has 3 heteroatoms. The van der Waals surface area contributed by atoms with Gasteiger partial charge in [0, 0.05) is 20.4 Å². The Bertz CT molecular complexity index is 230. The van der Waals surface area contributed by atoms with E-state index in [1.165, 1.54) is 18.9 Å². The monoisotopic (exact) mass is 212 g/mol. The Labute approximate surface area is 87.7 Å². The van der Waals surface area contributed by atoms with Gasteiger partial charge in [-0.2, -0.15) is 0 Å². The summed E-state index contributed by atoms with van der Waals surface area (Å²) in [7, 11) is -0.874. The molecule has 0 aromatic carbocycles. The first kappa shape index (κ1) is 13.2. The van der Waals surface area contributed by atoms with Gasteiger partial charge in [-0.3, -0.25) is 0 Å². The van der Waals surface area contributed by atoms with Gasteiger partial charge < -0.3 is 5.11 Å². The van der Waals surface area contributed by atoms with Crippen LogP contribution in [0.15, 0.2) is 0 Å². The van der Waals surface area contributed by atoms with Crippen molar-refractivity contribution in [3.8, 4) is 11.8 Å². The fourth-order valence-corrected chi connectivity index (χ4v) is 2.49. The van der Waals surface area contributed by atoms with E-state index in [1.807, 2.05) is 0 Å². The molecule has 0 fully saturated rings. The van der Waals surface area contributed by atoms with E-state index in [4.69, 9.17) is 5.11 Å². The van der Waals surface area contributed by atoms with E-state index < -0.39 is 14.0 Å². The van der Waals surface area contributed by atoms with Crippen LogP contribution in [-0.2, 0) is 4.79 Å². The molecule has 0 bridgehead atoms. The van der Waals surface area contributed by atoms with Crippen molar-refractivity contribution < 1.29 is 9.90 Å². The lowest BCUT2D eigenvalue weighted by atomic mass is 10.2. The molecule has 0 aromatic rings. The molecule has 0 saturated carbocycles. The first-order chi connectivity index (χ1) is 6.42. The maximum absolute atomic E-state index is 10.1. The summed E-state index contributed by atoms with van der Waals surface area (Å²) >= 11 is 0. The quantitative estimate of drug-likeness (QED) is 0.432. The largest absolute Gasteiger partial charge is 0.472 e. The molecule has 0 aromatic heterocycles. The summed E-state index contributed by atoms with van der Waals surface area (Å²) in [6.07, 6.45) is 4.20. The number of unbranched alkanes of at least 4 members (excludes halogenated alkanes) is 3. The minimum Gasteiger partial charge on any atom is -0.472 e. The van der Waals surface area contributed by atoms with Crippen LogP contribution in [0.4, 0.5) is 0 Å². The summed E-state index contributed by atoms with van der Waals surface area (Å²) in [6, 6.07) is 1.36. The summed E-state index contributed by atoms with van der Waals surface area (Å²) in [5.74, 6) is 3.75. The summed E-state index contributed by atoms with van der Waals surface area (Å²) in [5.41, 5.74) is 0. The fourth-order valence-electron chi connectivity index (χ4n) is 1.18. The van der Waals surface area contributed by atoms with E-state index in [-0.39, 0.29) is 0 Å². The van der Waals surface area contributed by atoms with E-state index in [9.17, 15) is 4.79 Å². The van der Waals surface area contributed by atoms with E-state index in [0.717, 1.165) is 12.8 Å². The molecule has 0 heterocycles. The van der Waals surface area contributed by atoms with Crippen LogP contribution in [0.25, 0.3) is 0 Å². The van der Waals surface area contributed by atoms with Gasteiger partial charge in [-0.15, -0.1) is 0 Å². The normalized spacial score (nSPS) is 10.5. The highest BCUT2D eigenvalue weighted by Crippen LogP contribution is 2.14. The Morgan fingerprint density at radius 1 is 1.21 bits per heavy atom. The Hall–Kier alpha value is -0.753. The molecule has 1 N–H and O–H groups in total. The van der Waals surface area contributed by atoms with Gasteiger partial charge in [0.1, 0.15) is 0 Å². The van der Waals surface area contributed by atoms with Gasteiger partial charge in [0.05, 0.1) is 0 Å². The molecule has 0 atom stereocenters. The van der Waals surface area contributed by atoms with E-state index in [0.29, 0.717) is 0 Å². The number of carbonyl (C=O) groups is 1. The summed E-state index contributed by atoms with van der Waals surface area (Å²) in [6.45, 7) is 7.12. The van der Waals surface area contributed by atoms with Crippen LogP contribution in [0, 0.1) is 11.8 Å². The SMILES string of the molecule is C[Si](C)(C)CCCCCC#CC(=O)O. The number of hydrogen-bond acceptors (Lipinski definition) is 1. The zero-order valence-electron chi connectivity index (χ0n) is 9.39. The molecule has 0 rings (SSSR count). The zero-order valence-corrected chi connectivity index (χ0v) is 10.4. The maximum atomic E-state index is 10.1. The van der Waals surface area contributed by atoms with Gasteiger partial charge in [-0.25, -0.2) is 4.79 Å². The molecule has 0 aliphatic heterocycles. The minimum atomic E-state index is -1.02. The van der Waals surface area contributed by atoms with Crippen molar-refractivity contribution >= 4 is 14.0 Å². The third-order valence-corrected chi connectivity index (χ3v) is 3.78. The highest BCUT2D eigenvalue weighted by Gasteiger charge is 2.10. The third-order valence-electron chi connectivity index (χ3n) is 1.92. The second kappa shape index (κ2) is 6.66. The van der Waals surface area contributed by atoms with Gasteiger partial charge in [-0.05, 0) is 6.42 Å². The van der Waals surface area contributed by atoms with Crippen molar-refractivity contribution in [2.75, 3.05) is 0 Å². The standard InChI is InChI=1S/C11H20O2Si/c1-14(2,3)10-8-6-4-5-7-9-11(12)13/h4-6,8,10H2,1-3H3,(H,12,13). The molecule has 0 unspecified atom stereocenters. The topological polar surface area (TPSA) is 37.3 Å². The summed E-state index contributed by atoms with van der Waals surface area (Å²) in [4.78, 5) is 10.1. The smallest absolute Gasteiger partial charge is 0.381 e. The molecular weight excluding hydrogens is 192 g/mol. The van der Waals surface area contributed by atoms with Crippen LogP contribution in [0.3, 0.4) is 0 Å². The number of aliphatic carboxylic acids is 1. The van der Waals surface area contributed by atoms with E-state index in [2.05, 4.69) is 31.5 Å². The van der Waals surface area contributed by atoms with Crippen LogP contribution in [0.1, 0.15) is 25.7 Å². The molecule has 0 spiro atoms. The van der Waals surface area contributed by atoms with Gasteiger partial charge >= 0.3 is 5.97 Å². The van der Waals surface area contributed by atoms with Crippen molar-refractivity contribution in [1.82, 2.24) is 0 Å². The molecule has 2 nitrogen and oxygen atoms in total. The van der Waals surface area contributed by atoms with Gasteiger partial charge in [0.25, 0.3) is 0 Å². The lowest BCUT2D eigenvalue weighted by Gasteiger charge is -2.14. The highest BCUT2D eigenvalue weighted by molar-refractivity contribution is 6.76. The lowest BCUT2D eigenvalue weighted by Crippen LogP contribution is -2.18. The minimum absolute atomic E-state index is 0.720. The molecule has 14 heavy (non-hydrogen) atoms. The van der Waals surface area contributed by atoms with Crippen molar-refractivity contribution in [1.29, 1.82) is 0 Å². The second-order valence-corrected chi connectivity index (χ2v) is 10.3. The molecule has 0 radical (unpaired) electrons. The molecule has 0 saturated heterocycles. The molecule has 0 aliphatic rings. The van der Waals surface area contributed by atoms with Crippen molar-refractivity contribution in [3.05, 3.63) is 0 Å². The van der Waals surface area contributed by atoms with Crippen LogP contribution >= 0.6 is 0 Å². The Morgan fingerprint density at radius 2 is 1.86 bits per heavy atom. The Balaban J connectivity index is 3.32. The zero-order chi connectivity index (χ0) is 11.0. The van der Waals surface area contributed by atoms with Crippen LogP contribution in [0.2, 0.25) is 25.7 Å². The van der Waals surface area contributed by atoms with Crippen LogP contribution in [-0.4, -0.2) is 19.1 Å². The number of carboxylic acid groups (broad SMARTS) is 1. The number of rotatable bonds is 5. The Kier molecular flexibility index (Phi) is 6.31. The van der Waals surface area contributed by atoms with Gasteiger partial charge in [0.2, 0.25) is 0 Å². The summed E-state index contributed by atoms with van der Waals surface area (Å²) in [5, 5.41) is 8.25. The molecule has 80 valence electrons. The first-order valence-electron chi connectivity index (χ1n) is 5.13. The second-order valence-electron chi connectivity index (χ2n) is 4.73. The maximum Gasteiger partial charge on any atom is 0.381 e. The highest BCUT2D eigenvalue weighted by atomic mass is 28.3. The average molecular weight is 212 g/mol. The van der Waals surface area contributed by atoms with Crippen LogP contribution in [0.5, 0.6) is 0 Å². The van der Waals surface area contributed by atoms with Crippen molar-refractivity contribution in [3.63, 3.8) is 0 Å². The number of hydrogen-bond donors (Lipinski definition) is 1. The van der Waals surface area contributed by atoms with E-state index in [1.54, 1.807) is 0 Å². The first-order valence-corrected chi connectivity index (χ1v) is 8.84. The van der Waals surface area contributed by atoms with Crippen molar-refractivity contribution in [2.45, 2.75) is 51.4 Å². The van der Waals surface area contributed by atoms with Crippen molar-refractivity contribution in [2.24, 2.45) is 0 Å². The third kappa shape index (κ3) is 11.2. The predicted molar refractivity (Wildman–Crippen MR) is 62.0 cm³/mol. The van der Waals surface area contributed by atoms with E-state index >= 15 is 0 Å². The molecule has 0 aliphatic carbocycles. The number of carboxylic acids is 1. The van der Waals surface area contributed by atoms with Gasteiger partial charge in [0.15, 0.2) is 0 Å². The average Bonchev–Trinajstić information content (AvgIpc) is 2.00. The molecular formula is C11H20O2Si. The Morgan fingerprint density at radius 3 is 2.36 bits per heavy atom. The molecule has 0 amide bonds. The predicted octanol–water partition coefficient (Wildman–Crippen LogP) is 2.97. The van der Waals surface area contributed by atoms with Gasteiger partial charge in [-0.1, -0.05) is 44.4 Å². The fraction of sp³-hybridized carbons (Fsp3) is 0.727. The lowest BCUT2D eigenvalue weighted by molar-refractivity contribution is -0.130. The summed E-state index contributed by atoms with van der Waals surface area (Å²) < 4.78 is 0.